The van der Waals surface area contributed by atoms with Gasteiger partial charge in [0, 0.05) is 18.1 Å². The Kier molecular flexibility index (Phi) is 3.53. The molecule has 0 aliphatic carbocycles. The molecule has 120 valence electrons. The highest BCUT2D eigenvalue weighted by atomic mass is 35.5. The van der Waals surface area contributed by atoms with Crippen molar-refractivity contribution in [3.63, 3.8) is 0 Å². The molecule has 0 radical (unpaired) electrons. The number of aryl methyl sites for hydroxylation is 1. The van der Waals surface area contributed by atoms with Gasteiger partial charge < -0.3 is 10.0 Å². The lowest BCUT2D eigenvalue weighted by Gasteiger charge is -2.45. The first-order valence-corrected chi connectivity index (χ1v) is 7.00. The fourth-order valence-corrected chi connectivity index (χ4v) is 2.78. The molecular weight excluding hydrogens is 326 g/mol. The van der Waals surface area contributed by atoms with E-state index in [0.717, 1.165) is 6.07 Å². The molecular formula is C13H12ClN5O4. The molecule has 1 aromatic carbocycles. The number of nitro benzene ring substituents is 1. The Bertz CT molecular complexity index is 799. The first-order chi connectivity index (χ1) is 10.8. The number of benzene rings is 1. The number of hydrogen-bond donors (Lipinski definition) is 1. The third-order valence-corrected chi connectivity index (χ3v) is 4.01. The van der Waals surface area contributed by atoms with Crippen LogP contribution in [0.2, 0.25) is 5.02 Å². The minimum absolute atomic E-state index is 0.00677. The number of likely N-dealkylation sites (tertiary alicyclic amines) is 1. The average Bonchev–Trinajstić information content (AvgIpc) is 2.89. The summed E-state index contributed by atoms with van der Waals surface area (Å²) in [6.07, 6.45) is 1.42. The Balaban J connectivity index is 1.82. The van der Waals surface area contributed by atoms with Crippen LogP contribution in [0.3, 0.4) is 0 Å². The number of aliphatic hydroxyl groups is 1. The van der Waals surface area contributed by atoms with Crippen molar-refractivity contribution in [1.82, 2.24) is 19.9 Å². The zero-order valence-corrected chi connectivity index (χ0v) is 12.8. The lowest BCUT2D eigenvalue weighted by Crippen LogP contribution is -2.61. The third kappa shape index (κ3) is 2.53. The van der Waals surface area contributed by atoms with Gasteiger partial charge >= 0.3 is 0 Å². The van der Waals surface area contributed by atoms with Crippen LogP contribution >= 0.6 is 11.6 Å². The summed E-state index contributed by atoms with van der Waals surface area (Å²) in [5, 5.41) is 29.2. The van der Waals surface area contributed by atoms with Crippen molar-refractivity contribution in [2.45, 2.75) is 5.60 Å². The second-order valence-corrected chi connectivity index (χ2v) is 5.79. The molecule has 1 N–H and O–H groups in total. The van der Waals surface area contributed by atoms with E-state index >= 15 is 0 Å². The summed E-state index contributed by atoms with van der Waals surface area (Å²) in [6.45, 7) is 0.0135. The molecule has 3 rings (SSSR count). The molecule has 1 aliphatic rings. The van der Waals surface area contributed by atoms with Gasteiger partial charge in [0.2, 0.25) is 0 Å². The molecule has 10 heteroatoms. The van der Waals surface area contributed by atoms with Crippen LogP contribution in [0.5, 0.6) is 0 Å². The fraction of sp³-hybridized carbons (Fsp3) is 0.308. The normalized spacial score (nSPS) is 16.0. The zero-order valence-electron chi connectivity index (χ0n) is 12.0. The zero-order chi connectivity index (χ0) is 16.8. The van der Waals surface area contributed by atoms with E-state index in [9.17, 15) is 20.0 Å². The van der Waals surface area contributed by atoms with E-state index in [1.807, 2.05) is 0 Å². The molecule has 23 heavy (non-hydrogen) atoms. The van der Waals surface area contributed by atoms with E-state index in [0.29, 0.717) is 5.69 Å². The van der Waals surface area contributed by atoms with E-state index in [4.69, 9.17) is 11.6 Å². The molecule has 0 bridgehead atoms. The number of nitrogens with zero attached hydrogens (tertiary/aromatic N) is 5. The highest BCUT2D eigenvalue weighted by Gasteiger charge is 2.48. The van der Waals surface area contributed by atoms with Gasteiger partial charge in [-0.1, -0.05) is 16.8 Å². The molecule has 0 atom stereocenters. The molecule has 1 amide bonds. The Morgan fingerprint density at radius 3 is 2.74 bits per heavy atom. The molecule has 0 unspecified atom stereocenters. The van der Waals surface area contributed by atoms with Crippen LogP contribution in [0.15, 0.2) is 24.4 Å². The van der Waals surface area contributed by atoms with Gasteiger partial charge in [-0.25, -0.2) is 4.68 Å². The molecule has 1 aliphatic heterocycles. The SMILES string of the molecule is Cn1nncc1C1(O)CN(C(=O)c2ccc(Cl)cc2[N+](=O)[O-])C1. The summed E-state index contributed by atoms with van der Waals surface area (Å²) in [7, 11) is 1.63. The average molecular weight is 338 g/mol. The quantitative estimate of drug-likeness (QED) is 0.652. The van der Waals surface area contributed by atoms with Crippen LogP contribution in [-0.2, 0) is 12.6 Å². The first-order valence-electron chi connectivity index (χ1n) is 6.62. The van der Waals surface area contributed by atoms with Crippen LogP contribution in [0, 0.1) is 10.1 Å². The molecule has 2 aromatic rings. The summed E-state index contributed by atoms with van der Waals surface area (Å²) in [4.78, 5) is 24.2. The van der Waals surface area contributed by atoms with Gasteiger partial charge in [0.1, 0.15) is 11.2 Å². The number of β-amino-alcohol motifs (C(OH)–C–C–N with tert-alkyl or cyclic N) is 1. The van der Waals surface area contributed by atoms with Gasteiger partial charge in [-0.05, 0) is 12.1 Å². The highest BCUT2D eigenvalue weighted by molar-refractivity contribution is 6.31. The summed E-state index contributed by atoms with van der Waals surface area (Å²) >= 11 is 5.74. The second-order valence-electron chi connectivity index (χ2n) is 5.35. The molecule has 0 spiro atoms. The summed E-state index contributed by atoms with van der Waals surface area (Å²) in [6, 6.07) is 3.86. The van der Waals surface area contributed by atoms with E-state index in [-0.39, 0.29) is 29.4 Å². The van der Waals surface area contributed by atoms with Crippen LogP contribution in [0.4, 0.5) is 5.69 Å². The molecule has 9 nitrogen and oxygen atoms in total. The monoisotopic (exact) mass is 337 g/mol. The minimum atomic E-state index is -1.25. The van der Waals surface area contributed by atoms with Gasteiger partial charge in [-0.2, -0.15) is 0 Å². The molecule has 2 heterocycles. The number of carbonyl (C=O) groups is 1. The maximum atomic E-state index is 12.4. The largest absolute Gasteiger partial charge is 0.380 e. The number of hydrogen-bond acceptors (Lipinski definition) is 6. The number of carbonyl (C=O) groups excluding carboxylic acids is 1. The topological polar surface area (TPSA) is 114 Å². The van der Waals surface area contributed by atoms with E-state index < -0.39 is 16.4 Å². The molecule has 1 saturated heterocycles. The van der Waals surface area contributed by atoms with Crippen LogP contribution < -0.4 is 0 Å². The van der Waals surface area contributed by atoms with Crippen molar-refractivity contribution in [3.05, 3.63) is 50.8 Å². The Labute approximate surface area is 135 Å². The smallest absolute Gasteiger partial charge is 0.283 e. The van der Waals surface area contributed by atoms with Crippen molar-refractivity contribution in [3.8, 4) is 0 Å². The van der Waals surface area contributed by atoms with Gasteiger partial charge in [0.25, 0.3) is 11.6 Å². The number of rotatable bonds is 3. The number of nitro groups is 1. The maximum absolute atomic E-state index is 12.4. The van der Waals surface area contributed by atoms with Crippen LogP contribution in [-0.4, -0.2) is 48.9 Å². The highest BCUT2D eigenvalue weighted by Crippen LogP contribution is 2.34. The van der Waals surface area contributed by atoms with Gasteiger partial charge in [0.15, 0.2) is 0 Å². The summed E-state index contributed by atoms with van der Waals surface area (Å²) in [5.74, 6) is -0.534. The van der Waals surface area contributed by atoms with Crippen molar-refractivity contribution < 1.29 is 14.8 Å². The van der Waals surface area contributed by atoms with E-state index in [2.05, 4.69) is 10.3 Å². The van der Waals surface area contributed by atoms with Crippen molar-refractivity contribution in [2.75, 3.05) is 13.1 Å². The van der Waals surface area contributed by atoms with Crippen molar-refractivity contribution in [2.24, 2.45) is 7.05 Å². The Hall–Kier alpha value is -2.52. The summed E-state index contributed by atoms with van der Waals surface area (Å²) < 4.78 is 1.42. The third-order valence-electron chi connectivity index (χ3n) is 3.77. The van der Waals surface area contributed by atoms with Gasteiger partial charge in [0.05, 0.1) is 29.9 Å². The standard InChI is InChI=1S/C13H12ClN5O4/c1-17-11(5-15-16-17)13(21)6-18(7-13)12(20)9-3-2-8(14)4-10(9)19(22)23/h2-5,21H,6-7H2,1H3. The lowest BCUT2D eigenvalue weighted by molar-refractivity contribution is -0.385. The van der Waals surface area contributed by atoms with E-state index in [1.54, 1.807) is 7.05 Å². The van der Waals surface area contributed by atoms with E-state index in [1.165, 1.54) is 27.9 Å². The predicted molar refractivity (Wildman–Crippen MR) is 78.9 cm³/mol. The lowest BCUT2D eigenvalue weighted by atomic mass is 9.90. The van der Waals surface area contributed by atoms with Crippen molar-refractivity contribution >= 4 is 23.2 Å². The second kappa shape index (κ2) is 5.28. The van der Waals surface area contributed by atoms with Gasteiger partial charge in [-0.3, -0.25) is 14.9 Å². The molecule has 1 aromatic heterocycles. The number of amides is 1. The summed E-state index contributed by atoms with van der Waals surface area (Å²) in [5.41, 5.74) is -1.20. The molecule has 1 fully saturated rings. The first kappa shape index (κ1) is 15.4. The Morgan fingerprint density at radius 1 is 1.48 bits per heavy atom. The molecule has 0 saturated carbocycles. The van der Waals surface area contributed by atoms with Crippen molar-refractivity contribution in [1.29, 1.82) is 0 Å². The predicted octanol–water partition coefficient (Wildman–Crippen LogP) is 0.720. The van der Waals surface area contributed by atoms with Crippen LogP contribution in [0.1, 0.15) is 16.1 Å². The number of aromatic nitrogens is 3. The van der Waals surface area contributed by atoms with Crippen LogP contribution in [0.25, 0.3) is 0 Å². The Morgan fingerprint density at radius 2 is 2.17 bits per heavy atom. The number of halogens is 1. The maximum Gasteiger partial charge on any atom is 0.283 e. The minimum Gasteiger partial charge on any atom is -0.380 e. The fourth-order valence-electron chi connectivity index (χ4n) is 2.61. The van der Waals surface area contributed by atoms with Gasteiger partial charge in [-0.15, -0.1) is 5.10 Å².